The summed E-state index contributed by atoms with van der Waals surface area (Å²) in [4.78, 5) is 10.6. The highest BCUT2D eigenvalue weighted by Crippen LogP contribution is 2.35. The van der Waals surface area contributed by atoms with Gasteiger partial charge in [0.1, 0.15) is 0 Å². The number of aromatic amines is 1. The number of anilines is 1. The van der Waals surface area contributed by atoms with Gasteiger partial charge in [-0.25, -0.2) is 9.97 Å². The topological polar surface area (TPSA) is 66.5 Å². The number of aryl methyl sites for hydroxylation is 2. The first-order valence-corrected chi connectivity index (χ1v) is 9.21. The van der Waals surface area contributed by atoms with Crippen molar-refractivity contribution in [2.24, 2.45) is 0 Å². The summed E-state index contributed by atoms with van der Waals surface area (Å²) in [6, 6.07) is 10.8. The number of H-pyrrole nitrogens is 1. The molecule has 0 bridgehead atoms. The van der Waals surface area contributed by atoms with Crippen molar-refractivity contribution in [2.45, 2.75) is 25.8 Å². The molecule has 1 aliphatic heterocycles. The predicted molar refractivity (Wildman–Crippen MR) is 101 cm³/mol. The van der Waals surface area contributed by atoms with E-state index in [1.807, 2.05) is 19.3 Å². The molecule has 3 aromatic heterocycles. The van der Waals surface area contributed by atoms with E-state index in [1.165, 1.54) is 16.1 Å². The van der Waals surface area contributed by atoms with Crippen molar-refractivity contribution in [3.8, 4) is 10.4 Å². The zero-order valence-electron chi connectivity index (χ0n) is 13.8. The number of thiophene rings is 1. The Balaban J connectivity index is 1.50. The average Bonchev–Trinajstić information content (AvgIpc) is 3.26. The Kier molecular flexibility index (Phi) is 3.31. The van der Waals surface area contributed by atoms with Gasteiger partial charge in [0.05, 0.1) is 22.5 Å². The van der Waals surface area contributed by atoms with Gasteiger partial charge in [0.25, 0.3) is 0 Å². The Morgan fingerprint density at radius 2 is 2.12 bits per heavy atom. The van der Waals surface area contributed by atoms with E-state index in [4.69, 9.17) is 4.98 Å². The van der Waals surface area contributed by atoms with Crippen LogP contribution in [-0.4, -0.2) is 20.2 Å². The smallest absolute Gasteiger partial charge is 0.151 e. The zero-order valence-corrected chi connectivity index (χ0v) is 14.6. The van der Waals surface area contributed by atoms with Gasteiger partial charge in [-0.05, 0) is 37.5 Å². The Morgan fingerprint density at radius 3 is 3.00 bits per heavy atom. The first kappa shape index (κ1) is 14.6. The second-order valence-corrected chi connectivity index (χ2v) is 7.47. The first-order chi connectivity index (χ1) is 12.3. The lowest BCUT2D eigenvalue weighted by Crippen LogP contribution is -2.20. The van der Waals surface area contributed by atoms with Gasteiger partial charge in [0, 0.05) is 28.0 Å². The number of para-hydroxylation sites is 1. The van der Waals surface area contributed by atoms with E-state index in [-0.39, 0.29) is 6.04 Å². The average molecular weight is 347 g/mol. The van der Waals surface area contributed by atoms with Gasteiger partial charge in [0.2, 0.25) is 0 Å². The molecule has 0 radical (unpaired) electrons. The minimum atomic E-state index is 0.165. The van der Waals surface area contributed by atoms with Crippen LogP contribution in [0.3, 0.4) is 0 Å². The number of fused-ring (bicyclic) bond motifs is 2. The molecule has 0 aliphatic carbocycles. The third-order valence-electron chi connectivity index (χ3n) is 4.75. The monoisotopic (exact) mass is 347 g/mol. The van der Waals surface area contributed by atoms with E-state index >= 15 is 0 Å². The molecule has 5 rings (SSSR count). The van der Waals surface area contributed by atoms with Gasteiger partial charge in [-0.15, -0.1) is 11.3 Å². The molecule has 0 fully saturated rings. The van der Waals surface area contributed by atoms with Crippen LogP contribution in [0.25, 0.3) is 20.7 Å². The van der Waals surface area contributed by atoms with E-state index in [9.17, 15) is 0 Å². The molecule has 0 amide bonds. The molecule has 5 nitrogen and oxygen atoms in total. The van der Waals surface area contributed by atoms with Gasteiger partial charge in [-0.2, -0.15) is 5.10 Å². The van der Waals surface area contributed by atoms with Crippen LogP contribution in [-0.2, 0) is 6.42 Å². The van der Waals surface area contributed by atoms with Crippen LogP contribution in [0.4, 0.5) is 5.69 Å². The summed E-state index contributed by atoms with van der Waals surface area (Å²) in [6.07, 6.45) is 5.89. The SMILES string of the molecule is Cc1[nH]ncc1-c1cc2nc(C3CCc4ccccc4N3)ncc2s1. The second-order valence-electron chi connectivity index (χ2n) is 6.39. The minimum Gasteiger partial charge on any atom is -0.375 e. The minimum absolute atomic E-state index is 0.165. The number of rotatable bonds is 2. The third-order valence-corrected chi connectivity index (χ3v) is 5.84. The van der Waals surface area contributed by atoms with E-state index in [0.29, 0.717) is 0 Å². The Hall–Kier alpha value is -2.73. The van der Waals surface area contributed by atoms with E-state index in [0.717, 1.165) is 40.1 Å². The van der Waals surface area contributed by atoms with E-state index < -0.39 is 0 Å². The number of hydrogen-bond acceptors (Lipinski definition) is 5. The fourth-order valence-electron chi connectivity index (χ4n) is 3.38. The first-order valence-electron chi connectivity index (χ1n) is 8.39. The van der Waals surface area contributed by atoms with Crippen molar-refractivity contribution in [2.75, 3.05) is 5.32 Å². The van der Waals surface area contributed by atoms with Gasteiger partial charge >= 0.3 is 0 Å². The fourth-order valence-corrected chi connectivity index (χ4v) is 4.42. The predicted octanol–water partition coefficient (Wildman–Crippen LogP) is 4.49. The molecule has 4 heterocycles. The lowest BCUT2D eigenvalue weighted by atomic mass is 9.98. The highest BCUT2D eigenvalue weighted by molar-refractivity contribution is 7.22. The van der Waals surface area contributed by atoms with Crippen LogP contribution in [0.15, 0.2) is 42.7 Å². The molecule has 1 atom stereocenters. The molecular formula is C19H17N5S. The summed E-state index contributed by atoms with van der Waals surface area (Å²) in [7, 11) is 0. The van der Waals surface area contributed by atoms with Crippen molar-refractivity contribution in [3.63, 3.8) is 0 Å². The van der Waals surface area contributed by atoms with Gasteiger partial charge < -0.3 is 5.32 Å². The molecule has 25 heavy (non-hydrogen) atoms. The maximum atomic E-state index is 4.84. The van der Waals surface area contributed by atoms with Crippen molar-refractivity contribution in [3.05, 3.63) is 59.8 Å². The van der Waals surface area contributed by atoms with E-state index in [2.05, 4.69) is 50.8 Å². The lowest BCUT2D eigenvalue weighted by molar-refractivity contribution is 0.633. The zero-order chi connectivity index (χ0) is 16.8. The summed E-state index contributed by atoms with van der Waals surface area (Å²) >= 11 is 1.71. The molecular weight excluding hydrogens is 330 g/mol. The van der Waals surface area contributed by atoms with Crippen LogP contribution in [0.1, 0.15) is 29.5 Å². The maximum Gasteiger partial charge on any atom is 0.151 e. The highest BCUT2D eigenvalue weighted by Gasteiger charge is 2.21. The quantitative estimate of drug-likeness (QED) is 0.561. The number of aromatic nitrogens is 4. The van der Waals surface area contributed by atoms with Crippen molar-refractivity contribution >= 4 is 27.2 Å². The number of benzene rings is 1. The largest absolute Gasteiger partial charge is 0.375 e. The molecule has 4 aromatic rings. The van der Waals surface area contributed by atoms with Crippen LogP contribution in [0, 0.1) is 6.92 Å². The molecule has 124 valence electrons. The van der Waals surface area contributed by atoms with Crippen LogP contribution in [0.2, 0.25) is 0 Å². The fraction of sp³-hybridized carbons (Fsp3) is 0.211. The van der Waals surface area contributed by atoms with Crippen LogP contribution < -0.4 is 5.32 Å². The van der Waals surface area contributed by atoms with Crippen LogP contribution in [0.5, 0.6) is 0 Å². The molecule has 1 unspecified atom stereocenters. The Morgan fingerprint density at radius 1 is 1.20 bits per heavy atom. The summed E-state index contributed by atoms with van der Waals surface area (Å²) in [5, 5.41) is 10.7. The maximum absolute atomic E-state index is 4.84. The number of nitrogens with one attached hydrogen (secondary N) is 2. The summed E-state index contributed by atoms with van der Waals surface area (Å²) in [5.41, 5.74) is 5.78. The molecule has 0 saturated heterocycles. The lowest BCUT2D eigenvalue weighted by Gasteiger charge is -2.25. The molecule has 1 aromatic carbocycles. The number of hydrogen-bond donors (Lipinski definition) is 2. The second kappa shape index (κ2) is 5.67. The molecule has 1 aliphatic rings. The third kappa shape index (κ3) is 2.49. The highest BCUT2D eigenvalue weighted by atomic mass is 32.1. The van der Waals surface area contributed by atoms with Crippen LogP contribution >= 0.6 is 11.3 Å². The molecule has 6 heteroatoms. The molecule has 2 N–H and O–H groups in total. The van der Waals surface area contributed by atoms with Crippen molar-refractivity contribution < 1.29 is 0 Å². The van der Waals surface area contributed by atoms with Crippen molar-refractivity contribution in [1.82, 2.24) is 20.2 Å². The standard InChI is InChI=1S/C19H17N5S/c1-11-13(9-21-24-11)17-8-16-18(25-17)10-20-19(23-16)15-7-6-12-4-2-3-5-14(12)22-15/h2-5,8-10,15,22H,6-7H2,1H3,(H,21,24). The summed E-state index contributed by atoms with van der Waals surface area (Å²) in [6.45, 7) is 2.03. The summed E-state index contributed by atoms with van der Waals surface area (Å²) in [5.74, 6) is 0.871. The van der Waals surface area contributed by atoms with Gasteiger partial charge in [0.15, 0.2) is 5.82 Å². The molecule has 0 spiro atoms. The van der Waals surface area contributed by atoms with Gasteiger partial charge in [-0.3, -0.25) is 5.10 Å². The molecule has 0 saturated carbocycles. The Bertz CT molecular complexity index is 1060. The Labute approximate surface area is 149 Å². The van der Waals surface area contributed by atoms with Crippen molar-refractivity contribution in [1.29, 1.82) is 0 Å². The van der Waals surface area contributed by atoms with E-state index in [1.54, 1.807) is 11.3 Å². The number of nitrogens with zero attached hydrogens (tertiary/aromatic N) is 3. The normalized spacial score (nSPS) is 16.6. The van der Waals surface area contributed by atoms with Gasteiger partial charge in [-0.1, -0.05) is 18.2 Å². The summed E-state index contributed by atoms with van der Waals surface area (Å²) < 4.78 is 1.11.